The molecule has 0 saturated carbocycles. The fourth-order valence-electron chi connectivity index (χ4n) is 3.37. The number of carbonyl (C=O) groups is 3. The number of hydrogen-bond donors (Lipinski definition) is 1. The summed E-state index contributed by atoms with van der Waals surface area (Å²) >= 11 is 0. The number of amides is 3. The van der Waals surface area contributed by atoms with Gasteiger partial charge in [-0.05, 0) is 48.0 Å². The normalized spacial score (nSPS) is 12.6. The molecule has 1 aliphatic heterocycles. The number of ether oxygens (including phenoxy) is 3. The lowest BCUT2D eigenvalue weighted by atomic mass is 10.1. The first-order valence-corrected chi connectivity index (χ1v) is 10.3. The van der Waals surface area contributed by atoms with E-state index in [2.05, 4.69) is 10.4 Å². The second-order valence-electron chi connectivity index (χ2n) is 7.16. The number of imide groups is 1. The monoisotopic (exact) mass is 459 g/mol. The first-order valence-electron chi connectivity index (χ1n) is 10.3. The number of carbonyl (C=O) groups excluding carboxylic acids is 3. The highest BCUT2D eigenvalue weighted by Crippen LogP contribution is 2.28. The number of methoxy groups -OCH3 is 2. The Bertz CT molecular complexity index is 1250. The summed E-state index contributed by atoms with van der Waals surface area (Å²) in [7, 11) is 2.98. The van der Waals surface area contributed by atoms with Crippen LogP contribution in [0.15, 0.2) is 71.8 Å². The maximum atomic E-state index is 12.4. The highest BCUT2D eigenvalue weighted by molar-refractivity contribution is 6.21. The molecule has 9 heteroatoms. The van der Waals surface area contributed by atoms with E-state index in [0.29, 0.717) is 39.6 Å². The topological polar surface area (TPSA) is 107 Å². The molecule has 0 radical (unpaired) electrons. The van der Waals surface area contributed by atoms with Crippen molar-refractivity contribution in [2.45, 2.75) is 0 Å². The van der Waals surface area contributed by atoms with Crippen molar-refractivity contribution >= 4 is 29.6 Å². The summed E-state index contributed by atoms with van der Waals surface area (Å²) in [6.45, 7) is -0.253. The van der Waals surface area contributed by atoms with Gasteiger partial charge in [0.2, 0.25) is 0 Å². The number of nitrogens with one attached hydrogen (secondary N) is 1. The van der Waals surface area contributed by atoms with Crippen LogP contribution in [0, 0.1) is 0 Å². The third-order valence-corrected chi connectivity index (χ3v) is 5.02. The molecule has 34 heavy (non-hydrogen) atoms. The second-order valence-corrected chi connectivity index (χ2v) is 7.16. The average molecular weight is 459 g/mol. The van der Waals surface area contributed by atoms with Gasteiger partial charge in [-0.3, -0.25) is 14.4 Å². The minimum atomic E-state index is -0.482. The van der Waals surface area contributed by atoms with Crippen LogP contribution in [0.2, 0.25) is 0 Å². The van der Waals surface area contributed by atoms with Crippen LogP contribution in [-0.2, 0) is 4.79 Å². The molecule has 9 nitrogen and oxygen atoms in total. The van der Waals surface area contributed by atoms with E-state index in [1.54, 1.807) is 66.7 Å². The molecule has 0 fully saturated rings. The van der Waals surface area contributed by atoms with Crippen LogP contribution in [0.25, 0.3) is 0 Å². The Morgan fingerprint density at radius 1 is 0.882 bits per heavy atom. The summed E-state index contributed by atoms with van der Waals surface area (Å²) < 4.78 is 16.2. The molecule has 0 spiro atoms. The number of hydrazone groups is 1. The second kappa shape index (κ2) is 9.86. The van der Waals surface area contributed by atoms with Gasteiger partial charge in [0, 0.05) is 0 Å². The molecule has 0 atom stereocenters. The van der Waals surface area contributed by atoms with Gasteiger partial charge in [0.05, 0.1) is 37.2 Å². The van der Waals surface area contributed by atoms with Gasteiger partial charge in [0.1, 0.15) is 5.75 Å². The average Bonchev–Trinajstić information content (AvgIpc) is 3.11. The van der Waals surface area contributed by atoms with Gasteiger partial charge < -0.3 is 19.5 Å². The number of anilines is 1. The van der Waals surface area contributed by atoms with Gasteiger partial charge in [0.25, 0.3) is 17.7 Å². The van der Waals surface area contributed by atoms with Gasteiger partial charge >= 0.3 is 0 Å². The zero-order valence-electron chi connectivity index (χ0n) is 18.5. The Hall–Kier alpha value is -4.66. The van der Waals surface area contributed by atoms with Crippen molar-refractivity contribution in [1.82, 2.24) is 5.01 Å². The molecule has 1 heterocycles. The maximum Gasteiger partial charge on any atom is 0.282 e. The Labute approximate surface area is 195 Å². The van der Waals surface area contributed by atoms with Crippen LogP contribution >= 0.6 is 0 Å². The fourth-order valence-corrected chi connectivity index (χ4v) is 3.37. The molecular formula is C25H21N3O6. The molecule has 3 amide bonds. The van der Waals surface area contributed by atoms with Gasteiger partial charge in [-0.25, -0.2) is 0 Å². The number of para-hydroxylation sites is 2. The summed E-state index contributed by atoms with van der Waals surface area (Å²) in [6.07, 6.45) is 1.38. The zero-order chi connectivity index (χ0) is 24.1. The van der Waals surface area contributed by atoms with Crippen LogP contribution in [0.3, 0.4) is 0 Å². The third-order valence-electron chi connectivity index (χ3n) is 5.02. The van der Waals surface area contributed by atoms with Crippen molar-refractivity contribution in [3.63, 3.8) is 0 Å². The lowest BCUT2D eigenvalue weighted by Crippen LogP contribution is -2.24. The van der Waals surface area contributed by atoms with Crippen LogP contribution in [0.1, 0.15) is 26.3 Å². The number of nitrogens with zero attached hydrogens (tertiary/aromatic N) is 2. The minimum Gasteiger partial charge on any atom is -0.495 e. The molecule has 0 saturated heterocycles. The Morgan fingerprint density at radius 3 is 2.21 bits per heavy atom. The van der Waals surface area contributed by atoms with Crippen LogP contribution < -0.4 is 19.5 Å². The fraction of sp³-hybridized carbons (Fsp3) is 0.120. The van der Waals surface area contributed by atoms with Crippen LogP contribution in [0.5, 0.6) is 17.2 Å². The number of benzene rings is 3. The lowest BCUT2D eigenvalue weighted by Gasteiger charge is -2.13. The summed E-state index contributed by atoms with van der Waals surface area (Å²) in [5.74, 6) is -0.0976. The van der Waals surface area contributed by atoms with E-state index in [-0.39, 0.29) is 12.5 Å². The summed E-state index contributed by atoms with van der Waals surface area (Å²) in [5, 5.41) is 7.60. The predicted molar refractivity (Wildman–Crippen MR) is 125 cm³/mol. The molecule has 0 aromatic heterocycles. The van der Waals surface area contributed by atoms with E-state index in [1.807, 2.05) is 0 Å². The van der Waals surface area contributed by atoms with Gasteiger partial charge in [-0.2, -0.15) is 10.1 Å². The summed E-state index contributed by atoms with van der Waals surface area (Å²) in [4.78, 5) is 37.2. The SMILES string of the molecule is COc1ccccc1NC(=O)COc1ccc(/C=N\N2C(=O)c3ccccc3C2=O)cc1OC. The van der Waals surface area contributed by atoms with Gasteiger partial charge in [0.15, 0.2) is 18.1 Å². The highest BCUT2D eigenvalue weighted by atomic mass is 16.5. The predicted octanol–water partition coefficient (Wildman–Crippen LogP) is 3.35. The number of hydrogen-bond acceptors (Lipinski definition) is 7. The highest BCUT2D eigenvalue weighted by Gasteiger charge is 2.35. The quantitative estimate of drug-likeness (QED) is 0.409. The van der Waals surface area contributed by atoms with E-state index < -0.39 is 11.8 Å². The van der Waals surface area contributed by atoms with Crippen molar-refractivity contribution in [1.29, 1.82) is 0 Å². The number of rotatable bonds is 8. The molecule has 1 N–H and O–H groups in total. The largest absolute Gasteiger partial charge is 0.495 e. The molecule has 4 rings (SSSR count). The van der Waals surface area contributed by atoms with Crippen molar-refractivity contribution < 1.29 is 28.6 Å². The van der Waals surface area contributed by atoms with E-state index in [0.717, 1.165) is 5.01 Å². The van der Waals surface area contributed by atoms with Gasteiger partial charge in [-0.1, -0.05) is 24.3 Å². The number of fused-ring (bicyclic) bond motifs is 1. The Kier molecular flexibility index (Phi) is 6.54. The van der Waals surface area contributed by atoms with Crippen molar-refractivity contribution in [3.8, 4) is 17.2 Å². The van der Waals surface area contributed by atoms with Crippen LogP contribution in [-0.4, -0.2) is 49.8 Å². The first-order chi connectivity index (χ1) is 16.5. The van der Waals surface area contributed by atoms with Crippen molar-refractivity contribution in [2.24, 2.45) is 5.10 Å². The van der Waals surface area contributed by atoms with Crippen molar-refractivity contribution in [3.05, 3.63) is 83.4 Å². The van der Waals surface area contributed by atoms with E-state index in [9.17, 15) is 14.4 Å². The molecule has 172 valence electrons. The zero-order valence-corrected chi connectivity index (χ0v) is 18.5. The Morgan fingerprint density at radius 2 is 1.53 bits per heavy atom. The molecule has 0 bridgehead atoms. The maximum absolute atomic E-state index is 12.4. The standard InChI is InChI=1S/C25H21N3O6/c1-32-20-10-6-5-9-19(20)27-23(29)15-34-21-12-11-16(13-22(21)33-2)14-26-28-24(30)17-7-3-4-8-18(17)25(28)31/h3-14H,15H2,1-2H3,(H,27,29)/b26-14-. The molecule has 0 aliphatic carbocycles. The first kappa shape index (κ1) is 22.5. The third kappa shape index (κ3) is 4.58. The van der Waals surface area contributed by atoms with Crippen molar-refractivity contribution in [2.75, 3.05) is 26.1 Å². The molecular weight excluding hydrogens is 438 g/mol. The molecule has 3 aromatic carbocycles. The van der Waals surface area contributed by atoms with E-state index >= 15 is 0 Å². The molecule has 3 aromatic rings. The summed E-state index contributed by atoms with van der Waals surface area (Å²) in [5.41, 5.74) is 1.74. The Balaban J connectivity index is 1.41. The lowest BCUT2D eigenvalue weighted by molar-refractivity contribution is -0.118. The molecule has 1 aliphatic rings. The smallest absolute Gasteiger partial charge is 0.282 e. The van der Waals surface area contributed by atoms with E-state index in [4.69, 9.17) is 14.2 Å². The minimum absolute atomic E-state index is 0.253. The van der Waals surface area contributed by atoms with E-state index in [1.165, 1.54) is 20.4 Å². The van der Waals surface area contributed by atoms with Gasteiger partial charge in [-0.15, -0.1) is 0 Å². The molecule has 0 unspecified atom stereocenters. The van der Waals surface area contributed by atoms with Crippen LogP contribution in [0.4, 0.5) is 5.69 Å². The summed E-state index contributed by atoms with van der Waals surface area (Å²) in [6, 6.07) is 18.5.